The topological polar surface area (TPSA) is 55.1 Å². The van der Waals surface area contributed by atoms with Gasteiger partial charge in [0.05, 0.1) is 5.69 Å². The maximum Gasteiger partial charge on any atom is 0.226 e. The van der Waals surface area contributed by atoms with E-state index in [0.717, 1.165) is 17.0 Å². The Labute approximate surface area is 106 Å². The molecule has 1 amide bonds. The zero-order chi connectivity index (χ0) is 13.0. The standard InChI is InChI=1S/C14H16N2O2/c1-10-13(8-9-15-11(2)17)16-14(18-10)12-6-4-3-5-7-12/h3-7H,8-9H2,1-2H3,(H,15,17). The molecule has 0 aliphatic carbocycles. The summed E-state index contributed by atoms with van der Waals surface area (Å²) in [4.78, 5) is 15.2. The van der Waals surface area contributed by atoms with Crippen molar-refractivity contribution in [2.24, 2.45) is 0 Å². The third-order valence-corrected chi connectivity index (χ3v) is 2.65. The van der Waals surface area contributed by atoms with Crippen LogP contribution in [0.5, 0.6) is 0 Å². The molecule has 0 unspecified atom stereocenters. The van der Waals surface area contributed by atoms with E-state index in [0.29, 0.717) is 18.9 Å². The first-order chi connectivity index (χ1) is 8.66. The summed E-state index contributed by atoms with van der Waals surface area (Å²) in [5.41, 5.74) is 1.86. The van der Waals surface area contributed by atoms with Gasteiger partial charge in [-0.3, -0.25) is 4.79 Å². The highest BCUT2D eigenvalue weighted by Gasteiger charge is 2.10. The van der Waals surface area contributed by atoms with Gasteiger partial charge in [0.25, 0.3) is 0 Å². The Kier molecular flexibility index (Phi) is 3.77. The van der Waals surface area contributed by atoms with Crippen LogP contribution in [0.2, 0.25) is 0 Å². The largest absolute Gasteiger partial charge is 0.441 e. The van der Waals surface area contributed by atoms with Gasteiger partial charge in [0.15, 0.2) is 0 Å². The second-order valence-electron chi connectivity index (χ2n) is 4.12. The van der Waals surface area contributed by atoms with E-state index in [2.05, 4.69) is 10.3 Å². The summed E-state index contributed by atoms with van der Waals surface area (Å²) < 4.78 is 5.63. The fourth-order valence-electron chi connectivity index (χ4n) is 1.72. The minimum absolute atomic E-state index is 0.0283. The molecule has 0 saturated carbocycles. The zero-order valence-corrected chi connectivity index (χ0v) is 10.6. The summed E-state index contributed by atoms with van der Waals surface area (Å²) >= 11 is 0. The highest BCUT2D eigenvalue weighted by atomic mass is 16.4. The summed E-state index contributed by atoms with van der Waals surface area (Å²) in [6.07, 6.45) is 0.682. The Morgan fingerprint density at radius 2 is 2.06 bits per heavy atom. The normalized spacial score (nSPS) is 10.3. The van der Waals surface area contributed by atoms with Gasteiger partial charge >= 0.3 is 0 Å². The second kappa shape index (κ2) is 5.49. The fraction of sp³-hybridized carbons (Fsp3) is 0.286. The van der Waals surface area contributed by atoms with Crippen LogP contribution in [0.25, 0.3) is 11.5 Å². The summed E-state index contributed by atoms with van der Waals surface area (Å²) in [7, 11) is 0. The van der Waals surface area contributed by atoms with Crippen molar-refractivity contribution in [3.63, 3.8) is 0 Å². The van der Waals surface area contributed by atoms with Gasteiger partial charge in [0, 0.05) is 25.5 Å². The molecule has 4 heteroatoms. The molecule has 0 fully saturated rings. The van der Waals surface area contributed by atoms with Gasteiger partial charge in [-0.1, -0.05) is 18.2 Å². The Balaban J connectivity index is 2.10. The highest BCUT2D eigenvalue weighted by Crippen LogP contribution is 2.21. The average Bonchev–Trinajstić information content (AvgIpc) is 2.72. The van der Waals surface area contributed by atoms with Crippen LogP contribution in [-0.4, -0.2) is 17.4 Å². The molecule has 1 aromatic carbocycles. The number of rotatable bonds is 4. The van der Waals surface area contributed by atoms with Crippen LogP contribution in [0.3, 0.4) is 0 Å². The van der Waals surface area contributed by atoms with Crippen LogP contribution < -0.4 is 5.32 Å². The lowest BCUT2D eigenvalue weighted by Gasteiger charge is -1.98. The Morgan fingerprint density at radius 3 is 2.72 bits per heavy atom. The Bertz CT molecular complexity index is 532. The van der Waals surface area contributed by atoms with Crippen LogP contribution in [-0.2, 0) is 11.2 Å². The van der Waals surface area contributed by atoms with Crippen LogP contribution in [0.15, 0.2) is 34.7 Å². The minimum atomic E-state index is -0.0283. The van der Waals surface area contributed by atoms with Gasteiger partial charge in [-0.15, -0.1) is 0 Å². The molecule has 0 aliphatic rings. The number of aromatic nitrogens is 1. The fourth-order valence-corrected chi connectivity index (χ4v) is 1.72. The SMILES string of the molecule is CC(=O)NCCc1nc(-c2ccccc2)oc1C. The van der Waals surface area contributed by atoms with Crippen molar-refractivity contribution < 1.29 is 9.21 Å². The number of hydrogen-bond donors (Lipinski definition) is 1. The second-order valence-corrected chi connectivity index (χ2v) is 4.12. The third-order valence-electron chi connectivity index (χ3n) is 2.65. The van der Waals surface area contributed by atoms with E-state index in [9.17, 15) is 4.79 Å². The summed E-state index contributed by atoms with van der Waals surface area (Å²) in [6.45, 7) is 3.98. The number of carbonyl (C=O) groups excluding carboxylic acids is 1. The van der Waals surface area contributed by atoms with Crippen molar-refractivity contribution in [1.29, 1.82) is 0 Å². The number of nitrogens with one attached hydrogen (secondary N) is 1. The molecule has 0 bridgehead atoms. The monoisotopic (exact) mass is 244 g/mol. The molecule has 94 valence electrons. The lowest BCUT2D eigenvalue weighted by atomic mass is 10.2. The van der Waals surface area contributed by atoms with E-state index in [1.165, 1.54) is 6.92 Å². The lowest BCUT2D eigenvalue weighted by Crippen LogP contribution is -2.22. The molecule has 0 spiro atoms. The van der Waals surface area contributed by atoms with Crippen LogP contribution >= 0.6 is 0 Å². The van der Waals surface area contributed by atoms with E-state index >= 15 is 0 Å². The van der Waals surface area contributed by atoms with Crippen LogP contribution in [0.4, 0.5) is 0 Å². The van der Waals surface area contributed by atoms with Gasteiger partial charge in [0.1, 0.15) is 5.76 Å². The van der Waals surface area contributed by atoms with E-state index < -0.39 is 0 Å². The molecule has 0 saturated heterocycles. The Morgan fingerprint density at radius 1 is 1.33 bits per heavy atom. The number of oxazole rings is 1. The van der Waals surface area contributed by atoms with E-state index in [1.54, 1.807) is 0 Å². The molecule has 1 N–H and O–H groups in total. The minimum Gasteiger partial charge on any atom is -0.441 e. The number of hydrogen-bond acceptors (Lipinski definition) is 3. The molecule has 0 radical (unpaired) electrons. The first kappa shape index (κ1) is 12.4. The van der Waals surface area contributed by atoms with Crippen LogP contribution in [0.1, 0.15) is 18.4 Å². The summed E-state index contributed by atoms with van der Waals surface area (Å²) in [6, 6.07) is 9.78. The smallest absolute Gasteiger partial charge is 0.226 e. The summed E-state index contributed by atoms with van der Waals surface area (Å²) in [5.74, 6) is 1.41. The maximum atomic E-state index is 10.8. The molecular formula is C14H16N2O2. The van der Waals surface area contributed by atoms with Gasteiger partial charge in [-0.05, 0) is 19.1 Å². The van der Waals surface area contributed by atoms with Gasteiger partial charge in [-0.2, -0.15) is 0 Å². The van der Waals surface area contributed by atoms with Gasteiger partial charge in [0.2, 0.25) is 11.8 Å². The molecule has 2 rings (SSSR count). The molecular weight excluding hydrogens is 228 g/mol. The average molecular weight is 244 g/mol. The number of carbonyl (C=O) groups is 1. The number of aryl methyl sites for hydroxylation is 1. The molecule has 4 nitrogen and oxygen atoms in total. The predicted molar refractivity (Wildman–Crippen MR) is 69.1 cm³/mol. The van der Waals surface area contributed by atoms with Gasteiger partial charge < -0.3 is 9.73 Å². The first-order valence-electron chi connectivity index (χ1n) is 5.93. The molecule has 1 aromatic heterocycles. The van der Waals surface area contributed by atoms with Crippen molar-refractivity contribution in [2.45, 2.75) is 20.3 Å². The van der Waals surface area contributed by atoms with E-state index in [1.807, 2.05) is 37.3 Å². The zero-order valence-electron chi connectivity index (χ0n) is 10.6. The lowest BCUT2D eigenvalue weighted by molar-refractivity contribution is -0.118. The van der Waals surface area contributed by atoms with Crippen molar-refractivity contribution >= 4 is 5.91 Å². The highest BCUT2D eigenvalue weighted by molar-refractivity contribution is 5.72. The van der Waals surface area contributed by atoms with Crippen LogP contribution in [0, 0.1) is 6.92 Å². The van der Waals surface area contributed by atoms with Crippen molar-refractivity contribution in [1.82, 2.24) is 10.3 Å². The van der Waals surface area contributed by atoms with Crippen molar-refractivity contribution in [3.8, 4) is 11.5 Å². The van der Waals surface area contributed by atoms with Crippen molar-refractivity contribution in [3.05, 3.63) is 41.8 Å². The number of amides is 1. The molecule has 2 aromatic rings. The molecule has 0 atom stereocenters. The van der Waals surface area contributed by atoms with E-state index in [-0.39, 0.29) is 5.91 Å². The van der Waals surface area contributed by atoms with Gasteiger partial charge in [-0.25, -0.2) is 4.98 Å². The third kappa shape index (κ3) is 2.97. The summed E-state index contributed by atoms with van der Waals surface area (Å²) in [5, 5.41) is 2.75. The van der Waals surface area contributed by atoms with E-state index in [4.69, 9.17) is 4.42 Å². The first-order valence-corrected chi connectivity index (χ1v) is 5.93. The molecule has 0 aliphatic heterocycles. The molecule has 1 heterocycles. The predicted octanol–water partition coefficient (Wildman–Crippen LogP) is 2.33. The Hall–Kier alpha value is -2.10. The van der Waals surface area contributed by atoms with Crippen molar-refractivity contribution in [2.75, 3.05) is 6.54 Å². The number of nitrogens with zero attached hydrogens (tertiary/aromatic N) is 1. The number of benzene rings is 1. The maximum absolute atomic E-state index is 10.8. The molecule has 18 heavy (non-hydrogen) atoms. The quantitative estimate of drug-likeness (QED) is 0.898.